The summed E-state index contributed by atoms with van der Waals surface area (Å²) in [6.07, 6.45) is 0. The molecule has 0 aromatic heterocycles. The molecule has 0 spiro atoms. The van der Waals surface area contributed by atoms with Crippen molar-refractivity contribution < 1.29 is 8.42 Å². The van der Waals surface area contributed by atoms with E-state index in [1.54, 1.807) is 0 Å². The fourth-order valence-electron chi connectivity index (χ4n) is 1.60. The number of nitrogens with zero attached hydrogens (tertiary/aromatic N) is 1. The number of hydrogen-bond acceptors (Lipinski definition) is 3. The molecule has 0 radical (unpaired) electrons. The minimum absolute atomic E-state index is 0.229. The lowest BCUT2D eigenvalue weighted by Gasteiger charge is -2.24. The number of hydrogen-bond donors (Lipinski definition) is 1. The van der Waals surface area contributed by atoms with Crippen LogP contribution in [0.4, 0.5) is 0 Å². The summed E-state index contributed by atoms with van der Waals surface area (Å²) in [6, 6.07) is 0. The zero-order valence-electron chi connectivity index (χ0n) is 8.45. The Morgan fingerprint density at radius 1 is 1.54 bits per heavy atom. The Morgan fingerprint density at radius 2 is 2.08 bits per heavy atom. The summed E-state index contributed by atoms with van der Waals surface area (Å²) in [4.78, 5) is 0. The van der Waals surface area contributed by atoms with E-state index in [2.05, 4.69) is 0 Å². The van der Waals surface area contributed by atoms with Crippen molar-refractivity contribution in [2.45, 2.75) is 26.3 Å². The maximum absolute atomic E-state index is 11.5. The summed E-state index contributed by atoms with van der Waals surface area (Å²) in [6.45, 7) is 6.65. The van der Waals surface area contributed by atoms with Crippen molar-refractivity contribution in [3.8, 4) is 0 Å². The van der Waals surface area contributed by atoms with Crippen LogP contribution in [0.5, 0.6) is 0 Å². The van der Waals surface area contributed by atoms with Crippen molar-refractivity contribution in [3.63, 3.8) is 0 Å². The average Bonchev–Trinajstić information content (AvgIpc) is 2.00. The van der Waals surface area contributed by atoms with E-state index in [-0.39, 0.29) is 11.7 Å². The van der Waals surface area contributed by atoms with Gasteiger partial charge in [0.05, 0.1) is 5.75 Å². The highest BCUT2D eigenvalue weighted by molar-refractivity contribution is 7.89. The van der Waals surface area contributed by atoms with E-state index >= 15 is 0 Å². The summed E-state index contributed by atoms with van der Waals surface area (Å²) in [7, 11) is -3.02. The van der Waals surface area contributed by atoms with Crippen molar-refractivity contribution in [2.24, 2.45) is 11.7 Å². The van der Waals surface area contributed by atoms with Crippen LogP contribution < -0.4 is 5.73 Å². The summed E-state index contributed by atoms with van der Waals surface area (Å²) in [5, 5.41) is 0. The molecule has 4 nitrogen and oxygen atoms in total. The van der Waals surface area contributed by atoms with Gasteiger partial charge in [0.15, 0.2) is 0 Å². The molecule has 1 aliphatic rings. The smallest absolute Gasteiger partial charge is 0.214 e. The minimum atomic E-state index is -3.02. The van der Waals surface area contributed by atoms with Gasteiger partial charge in [-0.3, -0.25) is 0 Å². The van der Waals surface area contributed by atoms with Crippen LogP contribution >= 0.6 is 0 Å². The van der Waals surface area contributed by atoms with Gasteiger partial charge in [-0.15, -0.1) is 0 Å². The van der Waals surface area contributed by atoms with Gasteiger partial charge in [0.1, 0.15) is 0 Å². The molecule has 1 heterocycles. The van der Waals surface area contributed by atoms with Crippen LogP contribution in [-0.2, 0) is 10.0 Å². The quantitative estimate of drug-likeness (QED) is 0.692. The van der Waals surface area contributed by atoms with Crippen LogP contribution in [0.3, 0.4) is 0 Å². The molecule has 5 heteroatoms. The molecular weight excluding hydrogens is 188 g/mol. The van der Waals surface area contributed by atoms with Crippen LogP contribution in [-0.4, -0.2) is 37.1 Å². The molecule has 0 bridgehead atoms. The van der Waals surface area contributed by atoms with Gasteiger partial charge in [-0.05, 0) is 19.8 Å². The second-order valence-electron chi connectivity index (χ2n) is 4.66. The number of sulfonamides is 1. The standard InChI is InChI=1S/C8H18N2O2S/c1-7-4-10(6-8(2,3)9)13(11,12)5-7/h7H,4-6,9H2,1-3H3. The highest BCUT2D eigenvalue weighted by Crippen LogP contribution is 2.20. The fourth-order valence-corrected chi connectivity index (χ4v) is 3.64. The van der Waals surface area contributed by atoms with Crippen LogP contribution in [0.2, 0.25) is 0 Å². The first-order valence-corrected chi connectivity index (χ1v) is 6.08. The van der Waals surface area contributed by atoms with E-state index < -0.39 is 15.6 Å². The van der Waals surface area contributed by atoms with Gasteiger partial charge in [-0.25, -0.2) is 8.42 Å². The van der Waals surface area contributed by atoms with Gasteiger partial charge in [0, 0.05) is 18.6 Å². The molecule has 0 saturated carbocycles. The van der Waals surface area contributed by atoms with E-state index in [9.17, 15) is 8.42 Å². The summed E-state index contributed by atoms with van der Waals surface area (Å²) in [5.74, 6) is 0.496. The molecule has 0 amide bonds. The minimum Gasteiger partial charge on any atom is -0.324 e. The molecule has 1 aliphatic heterocycles. The first-order chi connectivity index (χ1) is 5.71. The summed E-state index contributed by atoms with van der Waals surface area (Å²) >= 11 is 0. The predicted octanol–water partition coefficient (Wildman–Crippen LogP) is 0.00520. The molecule has 0 aromatic rings. The molecule has 1 unspecified atom stereocenters. The first kappa shape index (κ1) is 10.9. The van der Waals surface area contributed by atoms with Crippen molar-refractivity contribution >= 4 is 10.0 Å². The molecule has 13 heavy (non-hydrogen) atoms. The Balaban J connectivity index is 2.72. The van der Waals surface area contributed by atoms with E-state index in [0.29, 0.717) is 13.1 Å². The zero-order valence-corrected chi connectivity index (χ0v) is 9.26. The lowest BCUT2D eigenvalue weighted by Crippen LogP contribution is -2.45. The van der Waals surface area contributed by atoms with Crippen molar-refractivity contribution in [1.82, 2.24) is 4.31 Å². The van der Waals surface area contributed by atoms with E-state index in [0.717, 1.165) is 0 Å². The summed E-state index contributed by atoms with van der Waals surface area (Å²) < 4.78 is 24.5. The number of rotatable bonds is 2. The van der Waals surface area contributed by atoms with Crippen molar-refractivity contribution in [2.75, 3.05) is 18.8 Å². The van der Waals surface area contributed by atoms with Crippen LogP contribution in [0.1, 0.15) is 20.8 Å². The third-order valence-corrected chi connectivity index (χ3v) is 4.04. The lowest BCUT2D eigenvalue weighted by molar-refractivity contribution is 0.336. The second-order valence-corrected chi connectivity index (χ2v) is 6.68. The maximum atomic E-state index is 11.5. The van der Waals surface area contributed by atoms with E-state index in [1.807, 2.05) is 20.8 Å². The molecule has 78 valence electrons. The van der Waals surface area contributed by atoms with Crippen LogP contribution in [0.25, 0.3) is 0 Å². The van der Waals surface area contributed by atoms with Crippen molar-refractivity contribution in [1.29, 1.82) is 0 Å². The molecule has 1 saturated heterocycles. The summed E-state index contributed by atoms with van der Waals surface area (Å²) in [5.41, 5.74) is 5.33. The highest BCUT2D eigenvalue weighted by Gasteiger charge is 2.35. The van der Waals surface area contributed by atoms with Gasteiger partial charge in [0.2, 0.25) is 10.0 Å². The zero-order chi connectivity index (χ0) is 10.3. The van der Waals surface area contributed by atoms with E-state index in [1.165, 1.54) is 4.31 Å². The third-order valence-electron chi connectivity index (χ3n) is 1.99. The largest absolute Gasteiger partial charge is 0.324 e. The lowest BCUT2D eigenvalue weighted by atomic mass is 10.1. The number of nitrogens with two attached hydrogens (primary N) is 1. The Kier molecular flexibility index (Phi) is 2.71. The van der Waals surface area contributed by atoms with Gasteiger partial charge in [-0.1, -0.05) is 6.92 Å². The monoisotopic (exact) mass is 206 g/mol. The third kappa shape index (κ3) is 2.93. The van der Waals surface area contributed by atoms with E-state index in [4.69, 9.17) is 5.73 Å². The normalized spacial score (nSPS) is 29.4. The molecule has 0 aromatic carbocycles. The Hall–Kier alpha value is -0.130. The van der Waals surface area contributed by atoms with Gasteiger partial charge in [-0.2, -0.15) is 4.31 Å². The molecule has 2 N–H and O–H groups in total. The SMILES string of the molecule is CC1CN(CC(C)(C)N)S(=O)(=O)C1. The fraction of sp³-hybridized carbons (Fsp3) is 1.00. The second kappa shape index (κ2) is 3.22. The average molecular weight is 206 g/mol. The molecule has 1 atom stereocenters. The first-order valence-electron chi connectivity index (χ1n) is 4.47. The van der Waals surface area contributed by atoms with Crippen molar-refractivity contribution in [3.05, 3.63) is 0 Å². The molecule has 0 aliphatic carbocycles. The Labute approximate surface area is 80.1 Å². The Morgan fingerprint density at radius 3 is 2.38 bits per heavy atom. The van der Waals surface area contributed by atoms with Gasteiger partial charge >= 0.3 is 0 Å². The van der Waals surface area contributed by atoms with Crippen LogP contribution in [0.15, 0.2) is 0 Å². The van der Waals surface area contributed by atoms with Gasteiger partial charge in [0.25, 0.3) is 0 Å². The molecule has 1 fully saturated rings. The molecular formula is C8H18N2O2S. The topological polar surface area (TPSA) is 63.4 Å². The predicted molar refractivity (Wildman–Crippen MR) is 52.8 cm³/mol. The molecule has 1 rings (SSSR count). The highest BCUT2D eigenvalue weighted by atomic mass is 32.2. The van der Waals surface area contributed by atoms with Crippen LogP contribution in [0, 0.1) is 5.92 Å². The Bertz CT molecular complexity index is 279. The van der Waals surface area contributed by atoms with Gasteiger partial charge < -0.3 is 5.73 Å². The maximum Gasteiger partial charge on any atom is 0.214 e.